The van der Waals surface area contributed by atoms with Gasteiger partial charge in [-0.15, -0.1) is 12.4 Å². The van der Waals surface area contributed by atoms with E-state index in [2.05, 4.69) is 9.97 Å². The van der Waals surface area contributed by atoms with Crippen LogP contribution in [0.3, 0.4) is 0 Å². The smallest absolute Gasteiger partial charge is 0.433 e. The van der Waals surface area contributed by atoms with Gasteiger partial charge in [-0.1, -0.05) is 0 Å². The number of amides is 1. The van der Waals surface area contributed by atoms with Gasteiger partial charge in [0.1, 0.15) is 17.5 Å². The molecule has 0 bridgehead atoms. The summed E-state index contributed by atoms with van der Waals surface area (Å²) in [6.07, 6.45) is -9.10. The number of nitrogens with one attached hydrogen (secondary N) is 1. The number of carbonyl (C=O) groups is 1. The summed E-state index contributed by atoms with van der Waals surface area (Å²) in [7, 11) is -4.17. The summed E-state index contributed by atoms with van der Waals surface area (Å²) in [5.74, 6) is -0.948. The molecule has 1 aromatic carbocycles. The maximum atomic E-state index is 13.9. The minimum Gasteiger partial charge on any atom is -0.490 e. The number of rotatable bonds is 7. The third-order valence-corrected chi connectivity index (χ3v) is 9.96. The molecule has 2 aromatic rings. The van der Waals surface area contributed by atoms with Crippen LogP contribution in [0.15, 0.2) is 36.5 Å². The molecule has 4 rings (SSSR count). The van der Waals surface area contributed by atoms with Crippen LogP contribution in [0.1, 0.15) is 43.4 Å². The van der Waals surface area contributed by atoms with Gasteiger partial charge in [-0.3, -0.25) is 10.0 Å². The van der Waals surface area contributed by atoms with Crippen LogP contribution >= 0.6 is 12.4 Å². The van der Waals surface area contributed by atoms with Gasteiger partial charge in [0.25, 0.3) is 0 Å². The second-order valence-corrected chi connectivity index (χ2v) is 12.2. The molecule has 0 aliphatic carbocycles. The van der Waals surface area contributed by atoms with E-state index in [1.165, 1.54) is 26.8 Å². The number of alkyl halides is 6. The third kappa shape index (κ3) is 7.36. The molecule has 3 heterocycles. The van der Waals surface area contributed by atoms with Crippen LogP contribution in [-0.2, 0) is 27.2 Å². The predicted octanol–water partition coefficient (Wildman–Crippen LogP) is 4.04. The van der Waals surface area contributed by atoms with E-state index in [-0.39, 0.29) is 76.0 Å². The fourth-order valence-corrected chi connectivity index (χ4v) is 7.26. The Kier molecular flexibility index (Phi) is 10.2. The summed E-state index contributed by atoms with van der Waals surface area (Å²) in [6.45, 7) is -0.105. The normalized spacial score (nSPS) is 18.7. The lowest BCUT2D eigenvalue weighted by Gasteiger charge is -2.44. The molecule has 234 valence electrons. The van der Waals surface area contributed by atoms with Crippen molar-refractivity contribution in [2.24, 2.45) is 0 Å². The molecule has 2 saturated heterocycles. The summed E-state index contributed by atoms with van der Waals surface area (Å²) in [5, 5.41) is 9.11. The highest BCUT2D eigenvalue weighted by Gasteiger charge is 2.51. The Balaban J connectivity index is 0.00000484. The number of anilines is 1. The molecule has 2 aliphatic heterocycles. The SMILES string of the molecule is Cl.O=C(CC1(S(=O)(=O)N2CCC(Oc3ccc(C(F)(F)F)cc3)CC2)CCN(c2nccc(C(F)(F)F)n2)CC1)NO. The minimum atomic E-state index is -4.69. The molecule has 18 heteroatoms. The van der Waals surface area contributed by atoms with Crippen molar-refractivity contribution >= 4 is 34.3 Å². The number of nitrogens with zero attached hydrogens (tertiary/aromatic N) is 4. The maximum absolute atomic E-state index is 13.9. The Hall–Kier alpha value is -2.89. The number of sulfonamides is 1. The number of aromatic nitrogens is 2. The van der Waals surface area contributed by atoms with Crippen molar-refractivity contribution in [3.05, 3.63) is 47.8 Å². The van der Waals surface area contributed by atoms with Crippen molar-refractivity contribution < 1.29 is 49.5 Å². The average molecular weight is 648 g/mol. The molecule has 42 heavy (non-hydrogen) atoms. The van der Waals surface area contributed by atoms with E-state index in [1.807, 2.05) is 0 Å². The van der Waals surface area contributed by atoms with Gasteiger partial charge in [0.05, 0.1) is 10.3 Å². The Morgan fingerprint density at radius 3 is 2.12 bits per heavy atom. The lowest BCUT2D eigenvalue weighted by Crippen LogP contribution is -2.57. The molecule has 0 atom stereocenters. The van der Waals surface area contributed by atoms with Gasteiger partial charge in [-0.05, 0) is 56.0 Å². The Morgan fingerprint density at radius 1 is 1.00 bits per heavy atom. The van der Waals surface area contributed by atoms with Crippen LogP contribution in [0.2, 0.25) is 0 Å². The number of hydroxylamine groups is 1. The van der Waals surface area contributed by atoms with E-state index < -0.39 is 56.8 Å². The van der Waals surface area contributed by atoms with Crippen LogP contribution < -0.4 is 15.1 Å². The second kappa shape index (κ2) is 12.8. The molecule has 0 unspecified atom stereocenters. The summed E-state index contributed by atoms with van der Waals surface area (Å²) in [5.41, 5.74) is -0.520. The molecule has 0 spiro atoms. The zero-order valence-electron chi connectivity index (χ0n) is 21.9. The van der Waals surface area contributed by atoms with Gasteiger partial charge in [0.15, 0.2) is 0 Å². The summed E-state index contributed by atoms with van der Waals surface area (Å²) in [4.78, 5) is 21.0. The number of carbonyl (C=O) groups excluding carboxylic acids is 1. The van der Waals surface area contributed by atoms with Gasteiger partial charge < -0.3 is 9.64 Å². The zero-order chi connectivity index (χ0) is 30.1. The highest BCUT2D eigenvalue weighted by molar-refractivity contribution is 7.90. The number of hydrogen-bond acceptors (Lipinski definition) is 8. The second-order valence-electron chi connectivity index (χ2n) is 9.86. The molecule has 1 amide bonds. The van der Waals surface area contributed by atoms with E-state index in [9.17, 15) is 39.6 Å². The third-order valence-electron chi connectivity index (χ3n) is 7.27. The van der Waals surface area contributed by atoms with Crippen molar-refractivity contribution in [2.75, 3.05) is 31.1 Å². The molecular weight excluding hydrogens is 620 g/mol. The fraction of sp³-hybridized carbons (Fsp3) is 0.542. The minimum absolute atomic E-state index is 0. The largest absolute Gasteiger partial charge is 0.490 e. The van der Waals surface area contributed by atoms with Crippen LogP contribution in [0, 0.1) is 0 Å². The lowest BCUT2D eigenvalue weighted by atomic mass is 9.92. The van der Waals surface area contributed by atoms with E-state index in [0.29, 0.717) is 0 Å². The molecule has 2 N–H and O–H groups in total. The first-order valence-electron chi connectivity index (χ1n) is 12.6. The van der Waals surface area contributed by atoms with Crippen molar-refractivity contribution in [1.29, 1.82) is 0 Å². The van der Waals surface area contributed by atoms with Crippen molar-refractivity contribution in [3.8, 4) is 5.75 Å². The first-order chi connectivity index (χ1) is 19.1. The van der Waals surface area contributed by atoms with E-state index in [1.54, 1.807) is 0 Å². The molecule has 0 radical (unpaired) electrons. The molecule has 0 saturated carbocycles. The van der Waals surface area contributed by atoms with E-state index in [4.69, 9.17) is 9.94 Å². The summed E-state index contributed by atoms with van der Waals surface area (Å²) >= 11 is 0. The first-order valence-corrected chi connectivity index (χ1v) is 14.0. The Labute approximate surface area is 243 Å². The van der Waals surface area contributed by atoms with Crippen LogP contribution in [0.5, 0.6) is 5.75 Å². The average Bonchev–Trinajstić information content (AvgIpc) is 2.93. The van der Waals surface area contributed by atoms with Gasteiger partial charge in [-0.2, -0.15) is 26.3 Å². The molecule has 1 aromatic heterocycles. The number of benzene rings is 1. The first kappa shape index (κ1) is 33.6. The Bertz CT molecular complexity index is 1330. The zero-order valence-corrected chi connectivity index (χ0v) is 23.5. The summed E-state index contributed by atoms with van der Waals surface area (Å²) in [6, 6.07) is 4.88. The monoisotopic (exact) mass is 647 g/mol. The standard InChI is InChI=1S/C24H27F6N5O5S.ClH/c25-23(26,27)16-1-3-17(4-2-16)40-18-6-11-35(12-7-18)41(38,39)22(15-20(36)33-37)8-13-34(14-9-22)21-31-10-5-19(32-21)24(28,29)30;/h1-5,10,18,37H,6-9,11-15H2,(H,33,36);1H. The maximum Gasteiger partial charge on any atom is 0.433 e. The van der Waals surface area contributed by atoms with E-state index >= 15 is 0 Å². The van der Waals surface area contributed by atoms with Crippen molar-refractivity contribution in [3.63, 3.8) is 0 Å². The highest BCUT2D eigenvalue weighted by atomic mass is 35.5. The quantitative estimate of drug-likeness (QED) is 0.262. The van der Waals surface area contributed by atoms with E-state index in [0.717, 1.165) is 24.4 Å². The van der Waals surface area contributed by atoms with Gasteiger partial charge >= 0.3 is 12.4 Å². The molecular formula is C24H28ClF6N5O5S. The predicted molar refractivity (Wildman–Crippen MR) is 139 cm³/mol. The number of ether oxygens (including phenoxy) is 1. The van der Waals surface area contributed by atoms with Gasteiger partial charge in [0.2, 0.25) is 21.9 Å². The molecule has 2 fully saturated rings. The highest BCUT2D eigenvalue weighted by Crippen LogP contribution is 2.39. The number of piperidine rings is 2. The number of hydrogen-bond donors (Lipinski definition) is 2. The fourth-order valence-electron chi connectivity index (χ4n) is 5.01. The lowest BCUT2D eigenvalue weighted by molar-refractivity contribution is -0.141. The van der Waals surface area contributed by atoms with Crippen LogP contribution in [-0.4, -0.2) is 70.8 Å². The van der Waals surface area contributed by atoms with Gasteiger partial charge in [0, 0.05) is 38.8 Å². The van der Waals surface area contributed by atoms with Crippen LogP contribution in [0.25, 0.3) is 0 Å². The molecule has 10 nitrogen and oxygen atoms in total. The summed E-state index contributed by atoms with van der Waals surface area (Å²) < 4.78 is 111. The Morgan fingerprint density at radius 2 is 1.60 bits per heavy atom. The van der Waals surface area contributed by atoms with Gasteiger partial charge in [-0.25, -0.2) is 28.2 Å². The topological polar surface area (TPSA) is 125 Å². The van der Waals surface area contributed by atoms with Crippen molar-refractivity contribution in [2.45, 2.75) is 55.3 Å². The molecule has 2 aliphatic rings. The number of halogens is 7. The van der Waals surface area contributed by atoms with Crippen molar-refractivity contribution in [1.82, 2.24) is 19.8 Å². The van der Waals surface area contributed by atoms with Crippen LogP contribution in [0.4, 0.5) is 32.3 Å².